The second kappa shape index (κ2) is 6.04. The molecule has 0 radical (unpaired) electrons. The molecule has 0 aromatic carbocycles. The van der Waals surface area contributed by atoms with Crippen molar-refractivity contribution in [2.75, 3.05) is 17.2 Å². The van der Waals surface area contributed by atoms with E-state index in [9.17, 15) is 5.11 Å². The summed E-state index contributed by atoms with van der Waals surface area (Å²) in [5, 5.41) is 20.1. The Morgan fingerprint density at radius 1 is 1.29 bits per heavy atom. The van der Waals surface area contributed by atoms with Crippen LogP contribution in [0.5, 0.6) is 0 Å². The predicted octanol–water partition coefficient (Wildman–Crippen LogP) is 1.06. The van der Waals surface area contributed by atoms with Crippen LogP contribution in [0.3, 0.4) is 0 Å². The summed E-state index contributed by atoms with van der Waals surface area (Å²) in [6.45, 7) is 8.13. The molecule has 0 fully saturated rings. The Kier molecular flexibility index (Phi) is 4.37. The molecule has 0 saturated carbocycles. The van der Waals surface area contributed by atoms with E-state index in [4.69, 9.17) is 0 Å². The van der Waals surface area contributed by atoms with Gasteiger partial charge in [0.1, 0.15) is 0 Å². The molecule has 0 amide bonds. The maximum absolute atomic E-state index is 9.80. The van der Waals surface area contributed by atoms with Crippen LogP contribution in [-0.2, 0) is 0 Å². The molecule has 0 saturated heterocycles. The molecule has 114 valence electrons. The van der Waals surface area contributed by atoms with Crippen molar-refractivity contribution < 1.29 is 5.11 Å². The van der Waals surface area contributed by atoms with Crippen LogP contribution < -0.4 is 10.6 Å². The lowest BCUT2D eigenvalue weighted by molar-refractivity contribution is 0.132. The second-order valence-electron chi connectivity index (χ2n) is 5.29. The molecule has 1 atom stereocenters. The number of aliphatic hydroxyl groups excluding tert-OH is 1. The average molecular weight is 291 g/mol. The number of hydrogen-bond acceptors (Lipinski definition) is 7. The number of nitrogens with one attached hydrogen (secondary N) is 2. The lowest BCUT2D eigenvalue weighted by atomic mass is 9.99. The molecule has 2 rings (SSSR count). The van der Waals surface area contributed by atoms with Crippen molar-refractivity contribution in [2.45, 2.75) is 39.3 Å². The quantitative estimate of drug-likeness (QED) is 0.731. The van der Waals surface area contributed by atoms with Gasteiger partial charge in [-0.3, -0.25) is 0 Å². The van der Waals surface area contributed by atoms with Crippen LogP contribution in [0.25, 0.3) is 5.95 Å². The minimum Gasteiger partial charge on any atom is -0.391 e. The summed E-state index contributed by atoms with van der Waals surface area (Å²) < 4.78 is 1.56. The topological polar surface area (TPSA) is 101 Å². The molecule has 2 heterocycles. The first-order valence-electron chi connectivity index (χ1n) is 6.88. The fraction of sp³-hybridized carbons (Fsp3) is 0.538. The third-order valence-corrected chi connectivity index (χ3v) is 3.15. The summed E-state index contributed by atoms with van der Waals surface area (Å²) in [5.41, 5.74) is -0.563. The monoisotopic (exact) mass is 291 g/mol. The number of anilines is 2. The zero-order valence-electron chi connectivity index (χ0n) is 12.7. The first-order chi connectivity index (χ1) is 9.92. The van der Waals surface area contributed by atoms with Gasteiger partial charge in [-0.25, -0.2) is 4.68 Å². The van der Waals surface area contributed by atoms with Crippen molar-refractivity contribution in [3.05, 3.63) is 18.5 Å². The molecule has 0 aliphatic carbocycles. The van der Waals surface area contributed by atoms with E-state index in [2.05, 4.69) is 30.7 Å². The van der Waals surface area contributed by atoms with Crippen molar-refractivity contribution in [1.82, 2.24) is 24.7 Å². The van der Waals surface area contributed by atoms with Gasteiger partial charge in [0.15, 0.2) is 0 Å². The van der Waals surface area contributed by atoms with Crippen molar-refractivity contribution in [3.63, 3.8) is 0 Å². The molecule has 8 nitrogen and oxygen atoms in total. The van der Waals surface area contributed by atoms with E-state index in [0.29, 0.717) is 24.4 Å². The normalized spacial score (nSPS) is 13.0. The van der Waals surface area contributed by atoms with Gasteiger partial charge in [-0.2, -0.15) is 20.1 Å². The Morgan fingerprint density at radius 2 is 2.00 bits per heavy atom. The summed E-state index contributed by atoms with van der Waals surface area (Å²) in [4.78, 5) is 13.0. The van der Waals surface area contributed by atoms with E-state index in [1.807, 2.05) is 20.8 Å². The molecule has 0 bridgehead atoms. The Labute approximate surface area is 123 Å². The highest BCUT2D eigenvalue weighted by molar-refractivity contribution is 5.39. The SMILES string of the molecule is CCNc1nc(NC(C)(C)C(C)O)nc(-n2cccn2)n1. The van der Waals surface area contributed by atoms with Gasteiger partial charge in [0, 0.05) is 18.9 Å². The highest BCUT2D eigenvalue weighted by atomic mass is 16.3. The molecular weight excluding hydrogens is 270 g/mol. The third kappa shape index (κ3) is 3.66. The summed E-state index contributed by atoms with van der Waals surface area (Å²) in [6.07, 6.45) is 2.85. The molecular formula is C13H21N7O. The number of aliphatic hydroxyl groups is 1. The second-order valence-corrected chi connectivity index (χ2v) is 5.29. The Balaban J connectivity index is 2.36. The van der Waals surface area contributed by atoms with E-state index in [1.54, 1.807) is 30.1 Å². The summed E-state index contributed by atoms with van der Waals surface area (Å²) in [5.74, 6) is 1.26. The van der Waals surface area contributed by atoms with Crippen LogP contribution in [0, 0.1) is 0 Å². The Bertz CT molecular complexity index is 580. The number of rotatable bonds is 6. The number of nitrogens with zero attached hydrogens (tertiary/aromatic N) is 5. The third-order valence-electron chi connectivity index (χ3n) is 3.15. The molecule has 0 spiro atoms. The van der Waals surface area contributed by atoms with Crippen molar-refractivity contribution in [3.8, 4) is 5.95 Å². The summed E-state index contributed by atoms with van der Waals surface area (Å²) >= 11 is 0. The van der Waals surface area contributed by atoms with E-state index >= 15 is 0 Å². The Hall–Kier alpha value is -2.22. The standard InChI is InChI=1S/C13H21N7O/c1-5-14-10-16-11(19-13(3,4)9(2)21)18-12(17-10)20-8-6-7-15-20/h6-9,21H,5H2,1-4H3,(H2,14,16,17,18,19). The predicted molar refractivity (Wildman–Crippen MR) is 80.5 cm³/mol. The first kappa shape index (κ1) is 15.2. The summed E-state index contributed by atoms with van der Waals surface area (Å²) in [7, 11) is 0. The van der Waals surface area contributed by atoms with Crippen molar-refractivity contribution in [1.29, 1.82) is 0 Å². The van der Waals surface area contributed by atoms with Gasteiger partial charge in [0.2, 0.25) is 11.9 Å². The Morgan fingerprint density at radius 3 is 2.57 bits per heavy atom. The van der Waals surface area contributed by atoms with Gasteiger partial charge in [-0.1, -0.05) is 0 Å². The van der Waals surface area contributed by atoms with E-state index in [-0.39, 0.29) is 0 Å². The smallest absolute Gasteiger partial charge is 0.257 e. The first-order valence-corrected chi connectivity index (χ1v) is 6.88. The molecule has 0 aliphatic heterocycles. The highest BCUT2D eigenvalue weighted by Gasteiger charge is 2.25. The summed E-state index contributed by atoms with van der Waals surface area (Å²) in [6, 6.07) is 1.80. The van der Waals surface area contributed by atoms with E-state index in [0.717, 1.165) is 0 Å². The highest BCUT2D eigenvalue weighted by Crippen LogP contribution is 2.17. The van der Waals surface area contributed by atoms with Crippen LogP contribution in [0.4, 0.5) is 11.9 Å². The van der Waals surface area contributed by atoms with E-state index in [1.165, 1.54) is 0 Å². The zero-order chi connectivity index (χ0) is 15.5. The van der Waals surface area contributed by atoms with Crippen LogP contribution in [0.1, 0.15) is 27.7 Å². The average Bonchev–Trinajstić information content (AvgIpc) is 2.92. The lowest BCUT2D eigenvalue weighted by Gasteiger charge is -2.29. The maximum atomic E-state index is 9.80. The fourth-order valence-corrected chi connectivity index (χ4v) is 1.54. The van der Waals surface area contributed by atoms with Crippen LogP contribution in [-0.4, -0.2) is 48.0 Å². The zero-order valence-corrected chi connectivity index (χ0v) is 12.7. The minimum absolute atomic E-state index is 0.386. The largest absolute Gasteiger partial charge is 0.391 e. The van der Waals surface area contributed by atoms with Crippen LogP contribution >= 0.6 is 0 Å². The van der Waals surface area contributed by atoms with Gasteiger partial charge < -0.3 is 15.7 Å². The van der Waals surface area contributed by atoms with Gasteiger partial charge in [0.05, 0.1) is 11.6 Å². The van der Waals surface area contributed by atoms with Gasteiger partial charge in [-0.05, 0) is 33.8 Å². The molecule has 21 heavy (non-hydrogen) atoms. The molecule has 3 N–H and O–H groups in total. The molecule has 2 aromatic heterocycles. The molecule has 8 heteroatoms. The number of aromatic nitrogens is 5. The fourth-order valence-electron chi connectivity index (χ4n) is 1.54. The van der Waals surface area contributed by atoms with Crippen LogP contribution in [0.15, 0.2) is 18.5 Å². The van der Waals surface area contributed by atoms with Crippen molar-refractivity contribution >= 4 is 11.9 Å². The maximum Gasteiger partial charge on any atom is 0.257 e. The molecule has 1 unspecified atom stereocenters. The lowest BCUT2D eigenvalue weighted by Crippen LogP contribution is -2.42. The van der Waals surface area contributed by atoms with Gasteiger partial charge >= 0.3 is 0 Å². The molecule has 2 aromatic rings. The van der Waals surface area contributed by atoms with Gasteiger partial charge in [-0.15, -0.1) is 0 Å². The van der Waals surface area contributed by atoms with Gasteiger partial charge in [0.25, 0.3) is 5.95 Å². The molecule has 0 aliphatic rings. The van der Waals surface area contributed by atoms with E-state index < -0.39 is 11.6 Å². The number of hydrogen-bond donors (Lipinski definition) is 3. The van der Waals surface area contributed by atoms with Crippen LogP contribution in [0.2, 0.25) is 0 Å². The van der Waals surface area contributed by atoms with Crippen molar-refractivity contribution in [2.24, 2.45) is 0 Å². The minimum atomic E-state index is -0.565.